The second kappa shape index (κ2) is 6.14. The van der Waals surface area contributed by atoms with Crippen molar-refractivity contribution in [2.75, 3.05) is 16.6 Å². The van der Waals surface area contributed by atoms with Crippen LogP contribution in [0.2, 0.25) is 0 Å². The molecule has 0 atom stereocenters. The predicted octanol–water partition coefficient (Wildman–Crippen LogP) is 1.86. The Morgan fingerprint density at radius 2 is 2.10 bits per heavy atom. The lowest BCUT2D eigenvalue weighted by Gasteiger charge is -2.06. The smallest absolute Gasteiger partial charge is 0.265 e. The van der Waals surface area contributed by atoms with Gasteiger partial charge in [0, 0.05) is 12.7 Å². The van der Waals surface area contributed by atoms with Crippen LogP contribution in [0.3, 0.4) is 0 Å². The van der Waals surface area contributed by atoms with Crippen LogP contribution in [-0.4, -0.2) is 30.1 Å². The molecule has 2 aromatic rings. The Morgan fingerprint density at radius 3 is 2.65 bits per heavy atom. The van der Waals surface area contributed by atoms with Crippen LogP contribution in [0.25, 0.3) is 0 Å². The zero-order chi connectivity index (χ0) is 14.6. The summed E-state index contributed by atoms with van der Waals surface area (Å²) in [6.07, 6.45) is 2.29. The highest BCUT2D eigenvalue weighted by atomic mass is 32.2. The monoisotopic (exact) mass is 313 g/mol. The first kappa shape index (κ1) is 14.7. The van der Waals surface area contributed by atoms with Gasteiger partial charge in [-0.3, -0.25) is 4.72 Å². The summed E-state index contributed by atoms with van der Waals surface area (Å²) in [5.74, 6) is 0.651. The van der Waals surface area contributed by atoms with Gasteiger partial charge in [0.2, 0.25) is 5.13 Å². The fraction of sp³-hybridized carbons (Fsp3) is 0.364. The third-order valence-electron chi connectivity index (χ3n) is 2.35. The highest BCUT2D eigenvalue weighted by molar-refractivity contribution is 7.93. The second-order valence-corrected chi connectivity index (χ2v) is 6.90. The molecule has 0 saturated carbocycles. The summed E-state index contributed by atoms with van der Waals surface area (Å²) in [6.45, 7) is 4.59. The average molecular weight is 313 g/mol. The van der Waals surface area contributed by atoms with Gasteiger partial charge in [-0.05, 0) is 25.5 Å². The molecule has 7 nitrogen and oxygen atoms in total. The molecule has 0 fully saturated rings. The van der Waals surface area contributed by atoms with E-state index < -0.39 is 10.0 Å². The van der Waals surface area contributed by atoms with Crippen molar-refractivity contribution in [1.29, 1.82) is 0 Å². The summed E-state index contributed by atoms with van der Waals surface area (Å²) in [4.78, 5) is 4.16. The Kier molecular flexibility index (Phi) is 4.50. The van der Waals surface area contributed by atoms with Crippen molar-refractivity contribution in [3.05, 3.63) is 23.3 Å². The maximum absolute atomic E-state index is 12.1. The number of hydrogen-bond acceptors (Lipinski definition) is 7. The molecular weight excluding hydrogens is 298 g/mol. The topological polar surface area (TPSA) is 96.9 Å². The van der Waals surface area contributed by atoms with E-state index in [0.29, 0.717) is 10.8 Å². The molecule has 0 saturated heterocycles. The molecule has 0 aliphatic heterocycles. The summed E-state index contributed by atoms with van der Waals surface area (Å²) in [5, 5.41) is 11.5. The van der Waals surface area contributed by atoms with Crippen molar-refractivity contribution in [3.8, 4) is 0 Å². The number of rotatable bonds is 6. The zero-order valence-corrected chi connectivity index (χ0v) is 12.8. The summed E-state index contributed by atoms with van der Waals surface area (Å²) >= 11 is 1.18. The molecular formula is C11H15N5O2S2. The van der Waals surface area contributed by atoms with Gasteiger partial charge in [0.1, 0.15) is 15.7 Å². The Bertz CT molecular complexity index is 666. The van der Waals surface area contributed by atoms with Crippen molar-refractivity contribution in [2.24, 2.45) is 0 Å². The number of hydrogen-bond donors (Lipinski definition) is 2. The second-order valence-electron chi connectivity index (χ2n) is 4.04. The van der Waals surface area contributed by atoms with Crippen molar-refractivity contribution in [1.82, 2.24) is 15.2 Å². The average Bonchev–Trinajstić information content (AvgIpc) is 2.81. The van der Waals surface area contributed by atoms with Gasteiger partial charge < -0.3 is 5.32 Å². The molecule has 108 valence electrons. The molecule has 0 unspecified atom stereocenters. The molecule has 0 aliphatic carbocycles. The number of aromatic nitrogens is 3. The largest absolute Gasteiger partial charge is 0.370 e. The van der Waals surface area contributed by atoms with Crippen LogP contribution >= 0.6 is 11.3 Å². The van der Waals surface area contributed by atoms with Gasteiger partial charge >= 0.3 is 0 Å². The van der Waals surface area contributed by atoms with Crippen LogP contribution in [0.15, 0.2) is 23.2 Å². The van der Waals surface area contributed by atoms with E-state index in [-0.39, 0.29) is 10.0 Å². The van der Waals surface area contributed by atoms with E-state index in [1.807, 2.05) is 6.92 Å². The SMILES string of the molecule is CCCNc1ccc(S(=O)(=O)Nc2nnc(C)s2)cn1. The maximum Gasteiger partial charge on any atom is 0.265 e. The van der Waals surface area contributed by atoms with E-state index in [9.17, 15) is 8.42 Å². The van der Waals surface area contributed by atoms with Gasteiger partial charge in [-0.2, -0.15) is 0 Å². The van der Waals surface area contributed by atoms with Gasteiger partial charge in [-0.25, -0.2) is 13.4 Å². The van der Waals surface area contributed by atoms with E-state index in [2.05, 4.69) is 25.2 Å². The maximum atomic E-state index is 12.1. The minimum Gasteiger partial charge on any atom is -0.370 e. The quantitative estimate of drug-likeness (QED) is 0.845. The lowest BCUT2D eigenvalue weighted by atomic mass is 10.4. The third kappa shape index (κ3) is 3.64. The first-order valence-electron chi connectivity index (χ1n) is 6.04. The molecule has 0 radical (unpaired) electrons. The summed E-state index contributed by atoms with van der Waals surface area (Å²) in [7, 11) is -3.67. The Balaban J connectivity index is 2.13. The van der Waals surface area contributed by atoms with Crippen LogP contribution in [0.5, 0.6) is 0 Å². The molecule has 9 heteroatoms. The highest BCUT2D eigenvalue weighted by Crippen LogP contribution is 2.19. The van der Waals surface area contributed by atoms with Crippen LogP contribution in [0.4, 0.5) is 10.9 Å². The summed E-state index contributed by atoms with van der Waals surface area (Å²) in [6, 6.07) is 3.14. The highest BCUT2D eigenvalue weighted by Gasteiger charge is 2.16. The van der Waals surface area contributed by atoms with E-state index >= 15 is 0 Å². The Morgan fingerprint density at radius 1 is 1.30 bits per heavy atom. The molecule has 2 aromatic heterocycles. The third-order valence-corrected chi connectivity index (χ3v) is 4.56. The Labute approximate surface area is 121 Å². The van der Waals surface area contributed by atoms with Gasteiger partial charge in [0.15, 0.2) is 0 Å². The number of anilines is 2. The molecule has 0 aromatic carbocycles. The first-order valence-corrected chi connectivity index (χ1v) is 8.34. The fourth-order valence-electron chi connectivity index (χ4n) is 1.41. The van der Waals surface area contributed by atoms with Gasteiger partial charge in [0.25, 0.3) is 10.0 Å². The standard InChI is InChI=1S/C11H15N5O2S2/c1-3-6-12-10-5-4-9(7-13-10)20(17,18)16-11-15-14-8(2)19-11/h4-5,7H,3,6H2,1-2H3,(H,12,13)(H,15,16). The number of aryl methyl sites for hydroxylation is 1. The predicted molar refractivity (Wildman–Crippen MR) is 78.5 cm³/mol. The molecule has 0 aliphatic rings. The van der Waals surface area contributed by atoms with Crippen molar-refractivity contribution >= 4 is 32.3 Å². The van der Waals surface area contributed by atoms with Crippen LogP contribution in [0, 0.1) is 6.92 Å². The summed E-state index contributed by atoms with van der Waals surface area (Å²) in [5.41, 5.74) is 0. The minimum absolute atomic E-state index is 0.0902. The molecule has 2 rings (SSSR count). The van der Waals surface area contributed by atoms with Gasteiger partial charge in [0.05, 0.1) is 0 Å². The fourth-order valence-corrected chi connectivity index (χ4v) is 3.17. The lowest BCUT2D eigenvalue weighted by Crippen LogP contribution is -2.13. The van der Waals surface area contributed by atoms with Crippen LogP contribution < -0.4 is 10.0 Å². The van der Waals surface area contributed by atoms with Gasteiger partial charge in [-0.15, -0.1) is 10.2 Å². The van der Waals surface area contributed by atoms with E-state index in [0.717, 1.165) is 13.0 Å². The lowest BCUT2D eigenvalue weighted by molar-refractivity contribution is 0.600. The van der Waals surface area contributed by atoms with Crippen molar-refractivity contribution in [3.63, 3.8) is 0 Å². The molecule has 20 heavy (non-hydrogen) atoms. The van der Waals surface area contributed by atoms with Crippen LogP contribution in [-0.2, 0) is 10.0 Å². The molecule has 0 spiro atoms. The molecule has 0 bridgehead atoms. The number of pyridine rings is 1. The number of sulfonamides is 1. The molecule has 0 amide bonds. The van der Waals surface area contributed by atoms with E-state index in [1.165, 1.54) is 23.6 Å². The van der Waals surface area contributed by atoms with Crippen molar-refractivity contribution < 1.29 is 8.42 Å². The first-order chi connectivity index (χ1) is 9.51. The Hall–Kier alpha value is -1.74. The van der Waals surface area contributed by atoms with Gasteiger partial charge in [-0.1, -0.05) is 18.3 Å². The summed E-state index contributed by atoms with van der Waals surface area (Å²) < 4.78 is 26.6. The molecule has 2 N–H and O–H groups in total. The van der Waals surface area contributed by atoms with Crippen LogP contribution in [0.1, 0.15) is 18.4 Å². The number of nitrogens with one attached hydrogen (secondary N) is 2. The molecule has 2 heterocycles. The zero-order valence-electron chi connectivity index (χ0n) is 11.1. The normalized spacial score (nSPS) is 11.3. The van der Waals surface area contributed by atoms with E-state index in [4.69, 9.17) is 0 Å². The van der Waals surface area contributed by atoms with E-state index in [1.54, 1.807) is 13.0 Å². The minimum atomic E-state index is -3.67. The van der Waals surface area contributed by atoms with Crippen molar-refractivity contribution in [2.45, 2.75) is 25.2 Å². The number of nitrogens with zero attached hydrogens (tertiary/aromatic N) is 3.